The molecule has 2 nitrogen and oxygen atoms in total. The van der Waals surface area contributed by atoms with Crippen molar-refractivity contribution in [3.05, 3.63) is 12.2 Å². The second-order valence-electron chi connectivity index (χ2n) is 4.09. The van der Waals surface area contributed by atoms with Gasteiger partial charge < -0.3 is 9.47 Å². The number of unbranched alkanes of at least 4 members (excludes halogenated alkanes) is 4. The number of hydrogen-bond donors (Lipinski definition) is 0. The van der Waals surface area contributed by atoms with Crippen molar-refractivity contribution in [3.63, 3.8) is 0 Å². The van der Waals surface area contributed by atoms with Gasteiger partial charge in [-0.15, -0.1) is 0 Å². The maximum Gasteiger partial charge on any atom is 0.146 e. The normalized spacial score (nSPS) is 11.4. The van der Waals surface area contributed by atoms with Crippen molar-refractivity contribution in [2.45, 2.75) is 51.9 Å². The summed E-state index contributed by atoms with van der Waals surface area (Å²) in [4.78, 5) is 0. The maximum atomic E-state index is 5.39. The minimum atomic E-state index is 0.445. The van der Waals surface area contributed by atoms with Crippen LogP contribution in [0, 0.1) is 0 Å². The first-order valence-corrected chi connectivity index (χ1v) is 7.90. The van der Waals surface area contributed by atoms with Gasteiger partial charge in [-0.1, -0.05) is 60.7 Å². The Bertz CT molecular complexity index is 160. The summed E-state index contributed by atoms with van der Waals surface area (Å²) in [5.41, 5.74) is 0. The van der Waals surface area contributed by atoms with Gasteiger partial charge in [-0.05, 0) is 19.3 Å². The zero-order valence-electron chi connectivity index (χ0n) is 11.1. The molecule has 3 heteroatoms. The van der Waals surface area contributed by atoms with Crippen molar-refractivity contribution >= 4 is 15.9 Å². The molecular weight excluding hydrogens is 280 g/mol. The van der Waals surface area contributed by atoms with Crippen LogP contribution >= 0.6 is 15.9 Å². The topological polar surface area (TPSA) is 18.5 Å². The second-order valence-corrected chi connectivity index (χ2v) is 4.88. The molecule has 102 valence electrons. The highest BCUT2D eigenvalue weighted by molar-refractivity contribution is 9.09. The molecule has 0 heterocycles. The molecule has 0 unspecified atom stereocenters. The van der Waals surface area contributed by atoms with Gasteiger partial charge >= 0.3 is 0 Å². The van der Waals surface area contributed by atoms with Gasteiger partial charge in [-0.3, -0.25) is 0 Å². The molecule has 0 aliphatic heterocycles. The Hall–Kier alpha value is 0.140. The van der Waals surface area contributed by atoms with Crippen LogP contribution in [0.3, 0.4) is 0 Å². The number of hydrogen-bond acceptors (Lipinski definition) is 2. The minimum Gasteiger partial charge on any atom is -0.355 e. The van der Waals surface area contributed by atoms with Crippen molar-refractivity contribution in [1.29, 1.82) is 0 Å². The van der Waals surface area contributed by atoms with Crippen molar-refractivity contribution < 1.29 is 9.47 Å². The summed E-state index contributed by atoms with van der Waals surface area (Å²) in [6.07, 6.45) is 12.8. The summed E-state index contributed by atoms with van der Waals surface area (Å²) in [5.74, 6) is 0. The lowest BCUT2D eigenvalue weighted by molar-refractivity contribution is -0.0531. The van der Waals surface area contributed by atoms with E-state index in [9.17, 15) is 0 Å². The van der Waals surface area contributed by atoms with Crippen LogP contribution in [0.4, 0.5) is 0 Å². The van der Waals surface area contributed by atoms with Crippen molar-refractivity contribution in [2.24, 2.45) is 0 Å². The molecule has 0 rings (SSSR count). The predicted molar refractivity (Wildman–Crippen MR) is 77.7 cm³/mol. The van der Waals surface area contributed by atoms with E-state index in [1.54, 1.807) is 0 Å². The summed E-state index contributed by atoms with van der Waals surface area (Å²) < 4.78 is 10.7. The lowest BCUT2D eigenvalue weighted by Crippen LogP contribution is -2.02. The predicted octanol–water partition coefficient (Wildman–Crippen LogP) is 4.68. The second kappa shape index (κ2) is 16.1. The third-order valence-electron chi connectivity index (χ3n) is 2.43. The molecule has 0 radical (unpaired) electrons. The van der Waals surface area contributed by atoms with Crippen LogP contribution in [0.15, 0.2) is 12.2 Å². The quantitative estimate of drug-likeness (QED) is 0.213. The van der Waals surface area contributed by atoms with E-state index in [-0.39, 0.29) is 0 Å². The summed E-state index contributed by atoms with van der Waals surface area (Å²) >= 11 is 3.38. The first kappa shape index (κ1) is 17.1. The summed E-state index contributed by atoms with van der Waals surface area (Å²) in [6, 6.07) is 0. The Balaban J connectivity index is 2.94. The van der Waals surface area contributed by atoms with Gasteiger partial charge in [-0.2, -0.15) is 0 Å². The number of rotatable bonds is 13. The molecule has 0 aromatic heterocycles. The van der Waals surface area contributed by atoms with Crippen LogP contribution in [0.25, 0.3) is 0 Å². The Labute approximate surface area is 115 Å². The standard InChI is InChI=1S/C14H27BrO2/c1-2-3-4-6-9-12-16-14-17-13-10-7-5-8-11-15/h5,7H,2-4,6,8-14H2,1H3/b7-5+. The van der Waals surface area contributed by atoms with Crippen LogP contribution in [-0.4, -0.2) is 25.3 Å². The Morgan fingerprint density at radius 1 is 0.882 bits per heavy atom. The number of alkyl halides is 1. The molecule has 0 amide bonds. The van der Waals surface area contributed by atoms with E-state index in [2.05, 4.69) is 35.0 Å². The number of allylic oxidation sites excluding steroid dienone is 1. The smallest absolute Gasteiger partial charge is 0.146 e. The largest absolute Gasteiger partial charge is 0.355 e. The highest BCUT2D eigenvalue weighted by atomic mass is 79.9. The van der Waals surface area contributed by atoms with Gasteiger partial charge in [0.2, 0.25) is 0 Å². The van der Waals surface area contributed by atoms with E-state index in [1.165, 1.54) is 25.7 Å². The molecule has 0 aromatic carbocycles. The van der Waals surface area contributed by atoms with E-state index in [4.69, 9.17) is 9.47 Å². The average molecular weight is 307 g/mol. The van der Waals surface area contributed by atoms with Crippen molar-refractivity contribution in [2.75, 3.05) is 25.3 Å². The summed E-state index contributed by atoms with van der Waals surface area (Å²) in [5, 5.41) is 1.03. The van der Waals surface area contributed by atoms with Crippen LogP contribution < -0.4 is 0 Å². The lowest BCUT2D eigenvalue weighted by atomic mass is 10.2. The molecule has 0 bridgehead atoms. The van der Waals surface area contributed by atoms with Crippen LogP contribution in [-0.2, 0) is 9.47 Å². The molecule has 0 aliphatic rings. The van der Waals surface area contributed by atoms with Crippen molar-refractivity contribution in [3.8, 4) is 0 Å². The van der Waals surface area contributed by atoms with Crippen molar-refractivity contribution in [1.82, 2.24) is 0 Å². The fourth-order valence-corrected chi connectivity index (χ4v) is 1.70. The minimum absolute atomic E-state index is 0.445. The fourth-order valence-electron chi connectivity index (χ4n) is 1.43. The van der Waals surface area contributed by atoms with Gasteiger partial charge in [0.1, 0.15) is 6.79 Å². The van der Waals surface area contributed by atoms with Crippen LogP contribution in [0.1, 0.15) is 51.9 Å². The highest BCUT2D eigenvalue weighted by Crippen LogP contribution is 2.02. The number of halogens is 1. The van der Waals surface area contributed by atoms with Crippen LogP contribution in [0.5, 0.6) is 0 Å². The molecule has 0 aliphatic carbocycles. The average Bonchev–Trinajstić information content (AvgIpc) is 2.35. The lowest BCUT2D eigenvalue weighted by Gasteiger charge is -2.04. The molecule has 0 saturated heterocycles. The fraction of sp³-hybridized carbons (Fsp3) is 0.857. The summed E-state index contributed by atoms with van der Waals surface area (Å²) in [7, 11) is 0. The summed E-state index contributed by atoms with van der Waals surface area (Å²) in [6.45, 7) is 4.27. The molecule has 0 aromatic rings. The first-order chi connectivity index (χ1) is 8.41. The third-order valence-corrected chi connectivity index (χ3v) is 2.89. The van der Waals surface area contributed by atoms with Gasteiger partial charge in [0.05, 0.1) is 6.61 Å². The zero-order chi connectivity index (χ0) is 12.6. The maximum absolute atomic E-state index is 5.39. The van der Waals surface area contributed by atoms with E-state index < -0.39 is 0 Å². The molecule has 0 atom stereocenters. The monoisotopic (exact) mass is 306 g/mol. The Morgan fingerprint density at radius 3 is 2.35 bits per heavy atom. The highest BCUT2D eigenvalue weighted by Gasteiger charge is 1.90. The molecule has 17 heavy (non-hydrogen) atoms. The molecular formula is C14H27BrO2. The van der Waals surface area contributed by atoms with Crippen LogP contribution in [0.2, 0.25) is 0 Å². The van der Waals surface area contributed by atoms with E-state index in [0.717, 1.165) is 37.8 Å². The first-order valence-electron chi connectivity index (χ1n) is 6.78. The van der Waals surface area contributed by atoms with Gasteiger partial charge in [0.25, 0.3) is 0 Å². The molecule has 0 spiro atoms. The third kappa shape index (κ3) is 16.1. The van der Waals surface area contributed by atoms with Gasteiger partial charge in [0, 0.05) is 11.9 Å². The van der Waals surface area contributed by atoms with Gasteiger partial charge in [0.15, 0.2) is 0 Å². The Morgan fingerprint density at radius 2 is 1.59 bits per heavy atom. The van der Waals surface area contributed by atoms with E-state index in [0.29, 0.717) is 6.79 Å². The van der Waals surface area contributed by atoms with Gasteiger partial charge in [-0.25, -0.2) is 0 Å². The number of ether oxygens (including phenoxy) is 2. The van der Waals surface area contributed by atoms with E-state index >= 15 is 0 Å². The molecule has 0 fully saturated rings. The van der Waals surface area contributed by atoms with E-state index in [1.807, 2.05) is 0 Å². The zero-order valence-corrected chi connectivity index (χ0v) is 12.7. The molecule has 0 saturated carbocycles. The SMILES string of the molecule is CCCCCCCOCOCC/C=C/CCBr. The Kier molecular flexibility index (Phi) is 16.3. The molecule has 0 N–H and O–H groups in total.